The molecule has 0 aliphatic heterocycles. The number of aromatic amines is 1. The molecular weight excluding hydrogens is 394 g/mol. The maximum absolute atomic E-state index is 12.6. The molecule has 3 heterocycles. The molecule has 1 aliphatic rings. The summed E-state index contributed by atoms with van der Waals surface area (Å²) in [6.07, 6.45) is 1.60. The van der Waals surface area contributed by atoms with Crippen LogP contribution in [0.15, 0.2) is 32.8 Å². The number of nitrogen functional groups attached to an aromatic ring is 1. The van der Waals surface area contributed by atoms with Crippen molar-refractivity contribution in [3.05, 3.63) is 56.0 Å². The highest BCUT2D eigenvalue weighted by atomic mass is 32.2. The highest BCUT2D eigenvalue weighted by Crippen LogP contribution is 2.35. The first-order chi connectivity index (χ1) is 13.8. The second-order valence-electron chi connectivity index (χ2n) is 6.90. The number of nitrogens with zero attached hydrogens (tertiary/aromatic N) is 5. The van der Waals surface area contributed by atoms with E-state index >= 15 is 0 Å². The monoisotopic (exact) mass is 413 g/mol. The van der Waals surface area contributed by atoms with E-state index in [2.05, 4.69) is 20.3 Å². The SMILES string of the molecule is Cc1cc(C)n(-c2ccc(SCC(=O)c3c(N)n(C4CC4)c(=O)[nH]c3=O)nn2)n1. The number of carbonyl (C=O) groups is 1. The highest BCUT2D eigenvalue weighted by Gasteiger charge is 2.30. The first-order valence-electron chi connectivity index (χ1n) is 9.03. The number of hydrogen-bond donors (Lipinski definition) is 2. The van der Waals surface area contributed by atoms with Crippen LogP contribution in [0.25, 0.3) is 5.82 Å². The average molecular weight is 413 g/mol. The third kappa shape index (κ3) is 3.73. The van der Waals surface area contributed by atoms with Gasteiger partial charge in [0.25, 0.3) is 5.56 Å². The normalized spacial score (nSPS) is 13.6. The van der Waals surface area contributed by atoms with Crippen molar-refractivity contribution >= 4 is 23.4 Å². The number of thioether (sulfide) groups is 1. The van der Waals surface area contributed by atoms with Crippen molar-refractivity contribution in [1.82, 2.24) is 29.5 Å². The number of rotatable bonds is 6. The van der Waals surface area contributed by atoms with Crippen molar-refractivity contribution in [2.24, 2.45) is 0 Å². The summed E-state index contributed by atoms with van der Waals surface area (Å²) in [6.45, 7) is 3.82. The summed E-state index contributed by atoms with van der Waals surface area (Å²) >= 11 is 1.14. The van der Waals surface area contributed by atoms with Crippen LogP contribution >= 0.6 is 11.8 Å². The Morgan fingerprint density at radius 2 is 2.03 bits per heavy atom. The van der Waals surface area contributed by atoms with Gasteiger partial charge in [0.15, 0.2) is 11.6 Å². The number of aromatic nitrogens is 6. The molecule has 0 unspecified atom stereocenters. The molecule has 0 amide bonds. The van der Waals surface area contributed by atoms with Gasteiger partial charge in [-0.3, -0.25) is 19.1 Å². The molecule has 10 nitrogen and oxygen atoms in total. The zero-order valence-corrected chi connectivity index (χ0v) is 16.7. The molecule has 150 valence electrons. The minimum Gasteiger partial charge on any atom is -0.384 e. The molecule has 1 fully saturated rings. The summed E-state index contributed by atoms with van der Waals surface area (Å²) in [6, 6.07) is 5.38. The lowest BCUT2D eigenvalue weighted by Crippen LogP contribution is -2.36. The molecule has 0 radical (unpaired) electrons. The molecule has 3 aromatic heterocycles. The smallest absolute Gasteiger partial charge is 0.330 e. The first kappa shape index (κ1) is 19.1. The summed E-state index contributed by atoms with van der Waals surface area (Å²) in [4.78, 5) is 38.9. The number of ketones is 1. The lowest BCUT2D eigenvalue weighted by Gasteiger charge is -2.10. The number of aryl methyl sites for hydroxylation is 2. The fraction of sp³-hybridized carbons (Fsp3) is 0.333. The van der Waals surface area contributed by atoms with E-state index in [-0.39, 0.29) is 23.2 Å². The maximum atomic E-state index is 12.6. The van der Waals surface area contributed by atoms with E-state index in [1.165, 1.54) is 4.57 Å². The molecule has 4 rings (SSSR count). The topological polar surface area (TPSA) is 142 Å². The Morgan fingerprint density at radius 1 is 1.28 bits per heavy atom. The minimum absolute atomic E-state index is 0.0497. The van der Waals surface area contributed by atoms with Gasteiger partial charge in [-0.25, -0.2) is 9.48 Å². The number of Topliss-reactive ketones (excluding diaryl/α,β-unsaturated/α-hetero) is 1. The maximum Gasteiger partial charge on any atom is 0.330 e. The van der Waals surface area contributed by atoms with Gasteiger partial charge in [-0.05, 0) is 44.9 Å². The molecule has 0 atom stereocenters. The molecule has 11 heteroatoms. The van der Waals surface area contributed by atoms with Crippen LogP contribution in [0, 0.1) is 13.8 Å². The standard InChI is InChI=1S/C18H19N7O3S/c1-9-7-10(2)25(23-9)13-5-6-14(22-21-13)29-8-12(26)15-16(19)24(11-3-4-11)18(28)20-17(15)27/h5-7,11H,3-4,8,19H2,1-2H3,(H,20,27,28). The molecule has 1 aliphatic carbocycles. The largest absolute Gasteiger partial charge is 0.384 e. The van der Waals surface area contributed by atoms with Crippen LogP contribution in [0.4, 0.5) is 5.82 Å². The van der Waals surface area contributed by atoms with E-state index in [4.69, 9.17) is 5.73 Å². The molecule has 0 saturated heterocycles. The fourth-order valence-corrected chi connectivity index (χ4v) is 3.79. The molecular formula is C18H19N7O3S. The minimum atomic E-state index is -0.763. The second kappa shape index (κ2) is 7.32. The van der Waals surface area contributed by atoms with Gasteiger partial charge in [0.05, 0.1) is 11.4 Å². The van der Waals surface area contributed by atoms with Crippen LogP contribution < -0.4 is 17.0 Å². The van der Waals surface area contributed by atoms with E-state index in [1.54, 1.807) is 16.8 Å². The van der Waals surface area contributed by atoms with E-state index < -0.39 is 17.0 Å². The van der Waals surface area contributed by atoms with Gasteiger partial charge in [-0.15, -0.1) is 10.2 Å². The van der Waals surface area contributed by atoms with Crippen LogP contribution in [0.2, 0.25) is 0 Å². The molecule has 1 saturated carbocycles. The Kier molecular flexibility index (Phi) is 4.82. The Balaban J connectivity index is 1.50. The van der Waals surface area contributed by atoms with Crippen LogP contribution in [-0.2, 0) is 0 Å². The van der Waals surface area contributed by atoms with E-state index in [0.717, 1.165) is 36.0 Å². The van der Waals surface area contributed by atoms with Crippen molar-refractivity contribution in [1.29, 1.82) is 0 Å². The summed E-state index contributed by atoms with van der Waals surface area (Å²) in [5.41, 5.74) is 6.26. The molecule has 0 bridgehead atoms. The van der Waals surface area contributed by atoms with Gasteiger partial charge < -0.3 is 5.73 Å². The summed E-state index contributed by atoms with van der Waals surface area (Å²) in [5, 5.41) is 13.1. The number of H-pyrrole nitrogens is 1. The van der Waals surface area contributed by atoms with Gasteiger partial charge in [0.1, 0.15) is 16.4 Å². The van der Waals surface area contributed by atoms with Crippen LogP contribution in [0.1, 0.15) is 40.6 Å². The number of nitrogens with two attached hydrogens (primary N) is 1. The van der Waals surface area contributed by atoms with Gasteiger partial charge in [0, 0.05) is 11.7 Å². The van der Waals surface area contributed by atoms with Crippen molar-refractivity contribution in [3.63, 3.8) is 0 Å². The Bertz CT molecular complexity index is 1210. The van der Waals surface area contributed by atoms with Crippen molar-refractivity contribution in [2.45, 2.75) is 37.8 Å². The number of nitrogens with one attached hydrogen (secondary N) is 1. The fourth-order valence-electron chi connectivity index (χ4n) is 3.11. The van der Waals surface area contributed by atoms with Crippen molar-refractivity contribution < 1.29 is 4.79 Å². The zero-order valence-electron chi connectivity index (χ0n) is 15.9. The lowest BCUT2D eigenvalue weighted by molar-refractivity contribution is 0.102. The quantitative estimate of drug-likeness (QED) is 0.451. The van der Waals surface area contributed by atoms with Crippen LogP contribution in [0.3, 0.4) is 0 Å². The number of anilines is 1. The molecule has 0 aromatic carbocycles. The van der Waals surface area contributed by atoms with Gasteiger partial charge in [-0.2, -0.15) is 5.10 Å². The van der Waals surface area contributed by atoms with Gasteiger partial charge in [0.2, 0.25) is 0 Å². The van der Waals surface area contributed by atoms with E-state index in [1.807, 2.05) is 19.9 Å². The van der Waals surface area contributed by atoms with Crippen molar-refractivity contribution in [3.8, 4) is 5.82 Å². The third-order valence-corrected chi connectivity index (χ3v) is 5.50. The summed E-state index contributed by atoms with van der Waals surface area (Å²) < 4.78 is 2.98. The first-order valence-corrected chi connectivity index (χ1v) is 10.0. The summed E-state index contributed by atoms with van der Waals surface area (Å²) in [5.74, 6) is -0.0155. The van der Waals surface area contributed by atoms with Crippen LogP contribution in [-0.4, -0.2) is 41.1 Å². The average Bonchev–Trinajstić information content (AvgIpc) is 3.43. The Morgan fingerprint density at radius 3 is 2.62 bits per heavy atom. The van der Waals surface area contributed by atoms with E-state index in [9.17, 15) is 14.4 Å². The Labute approximate surface area is 169 Å². The zero-order chi connectivity index (χ0) is 20.7. The highest BCUT2D eigenvalue weighted by molar-refractivity contribution is 7.99. The Hall–Kier alpha value is -3.21. The van der Waals surface area contributed by atoms with Crippen LogP contribution in [0.5, 0.6) is 0 Å². The number of carbonyl (C=O) groups excluding carboxylic acids is 1. The molecule has 3 aromatic rings. The van der Waals surface area contributed by atoms with E-state index in [0.29, 0.717) is 10.8 Å². The lowest BCUT2D eigenvalue weighted by atomic mass is 10.2. The van der Waals surface area contributed by atoms with Gasteiger partial charge in [-0.1, -0.05) is 11.8 Å². The molecule has 0 spiro atoms. The predicted molar refractivity (Wildman–Crippen MR) is 108 cm³/mol. The predicted octanol–water partition coefficient (Wildman–Crippen LogP) is 1.02. The molecule has 29 heavy (non-hydrogen) atoms. The molecule has 3 N–H and O–H groups in total. The van der Waals surface area contributed by atoms with Crippen molar-refractivity contribution in [2.75, 3.05) is 11.5 Å². The summed E-state index contributed by atoms with van der Waals surface area (Å²) in [7, 11) is 0. The van der Waals surface area contributed by atoms with Gasteiger partial charge >= 0.3 is 5.69 Å². The third-order valence-electron chi connectivity index (χ3n) is 4.58. The second-order valence-corrected chi connectivity index (χ2v) is 7.90. The number of hydrogen-bond acceptors (Lipinski definition) is 8.